The summed E-state index contributed by atoms with van der Waals surface area (Å²) in [5.41, 5.74) is 4.72. The van der Waals surface area contributed by atoms with Gasteiger partial charge in [0.2, 0.25) is 5.95 Å². The van der Waals surface area contributed by atoms with Crippen molar-refractivity contribution >= 4 is 11.6 Å². The Labute approximate surface area is 172 Å². The number of aryl methyl sites for hydroxylation is 2. The van der Waals surface area contributed by atoms with E-state index >= 15 is 0 Å². The molecule has 1 aliphatic carbocycles. The Morgan fingerprint density at radius 3 is 2.93 bits per heavy atom. The zero-order valence-corrected chi connectivity index (χ0v) is 16.9. The van der Waals surface area contributed by atoms with Gasteiger partial charge < -0.3 is 5.32 Å². The minimum absolute atomic E-state index is 0.221. The fourth-order valence-corrected chi connectivity index (χ4v) is 4.24. The summed E-state index contributed by atoms with van der Waals surface area (Å²) in [6.07, 6.45) is 6.57. The van der Waals surface area contributed by atoms with E-state index in [1.54, 1.807) is 23.7 Å². The van der Waals surface area contributed by atoms with Crippen LogP contribution in [0.5, 0.6) is 0 Å². The maximum absolute atomic E-state index is 14.0. The Hall–Kier alpha value is -3.29. The van der Waals surface area contributed by atoms with Gasteiger partial charge in [-0.15, -0.1) is 5.10 Å². The molecule has 30 heavy (non-hydrogen) atoms. The quantitative estimate of drug-likeness (QED) is 0.551. The first kappa shape index (κ1) is 18.7. The SMILES string of the molecule is CCn1ncc2c1CCC(Nc1nc3c(-c4cc(C)c(F)c(F)c4)cccn3n1)C2. The van der Waals surface area contributed by atoms with E-state index < -0.39 is 11.6 Å². The molecule has 0 spiro atoms. The van der Waals surface area contributed by atoms with Gasteiger partial charge in [0.15, 0.2) is 17.3 Å². The lowest BCUT2D eigenvalue weighted by atomic mass is 9.93. The third kappa shape index (κ3) is 3.12. The molecule has 1 unspecified atom stereocenters. The highest BCUT2D eigenvalue weighted by molar-refractivity contribution is 5.78. The summed E-state index contributed by atoms with van der Waals surface area (Å²) < 4.78 is 31.4. The summed E-state index contributed by atoms with van der Waals surface area (Å²) in [6.45, 7) is 4.54. The maximum atomic E-state index is 14.0. The summed E-state index contributed by atoms with van der Waals surface area (Å²) in [5, 5.41) is 12.4. The number of pyridine rings is 1. The number of aromatic nitrogens is 5. The second-order valence-electron chi connectivity index (χ2n) is 7.73. The second-order valence-corrected chi connectivity index (χ2v) is 7.73. The van der Waals surface area contributed by atoms with Gasteiger partial charge in [0.05, 0.1) is 6.20 Å². The molecule has 1 aromatic carbocycles. The second kappa shape index (κ2) is 7.19. The fraction of sp³-hybridized carbons (Fsp3) is 0.318. The lowest BCUT2D eigenvalue weighted by Gasteiger charge is -2.23. The molecule has 0 radical (unpaired) electrons. The Bertz CT molecular complexity index is 1220. The standard InChI is InChI=1S/C22H22F2N6/c1-3-29-19-7-6-16(10-15(19)12-25-29)26-22-27-21-17(5-4-8-30(21)28-22)14-9-13(2)20(24)18(23)11-14/h4-5,8-9,11-12,16H,3,6-7,10H2,1-2H3,(H,26,28). The Morgan fingerprint density at radius 2 is 2.13 bits per heavy atom. The van der Waals surface area contributed by atoms with Crippen molar-refractivity contribution in [3.63, 3.8) is 0 Å². The van der Waals surface area contributed by atoms with E-state index in [9.17, 15) is 8.78 Å². The van der Waals surface area contributed by atoms with Crippen LogP contribution >= 0.6 is 0 Å². The van der Waals surface area contributed by atoms with Crippen molar-refractivity contribution in [2.45, 2.75) is 45.7 Å². The van der Waals surface area contributed by atoms with Crippen LogP contribution in [0.1, 0.15) is 30.2 Å². The van der Waals surface area contributed by atoms with Gasteiger partial charge in [-0.3, -0.25) is 4.68 Å². The molecule has 0 saturated carbocycles. The smallest absolute Gasteiger partial charge is 0.243 e. The van der Waals surface area contributed by atoms with Crippen LogP contribution in [0.15, 0.2) is 36.7 Å². The average Bonchev–Trinajstić information content (AvgIpc) is 3.34. The summed E-state index contributed by atoms with van der Waals surface area (Å²) in [5.74, 6) is -1.16. The summed E-state index contributed by atoms with van der Waals surface area (Å²) in [6, 6.07) is 6.71. The van der Waals surface area contributed by atoms with Crippen molar-refractivity contribution in [1.82, 2.24) is 24.4 Å². The third-order valence-electron chi connectivity index (χ3n) is 5.75. The molecule has 0 fully saturated rings. The van der Waals surface area contributed by atoms with Gasteiger partial charge in [0, 0.05) is 30.0 Å². The Morgan fingerprint density at radius 1 is 1.27 bits per heavy atom. The van der Waals surface area contributed by atoms with Gasteiger partial charge in [0.1, 0.15) is 0 Å². The molecule has 5 rings (SSSR count). The van der Waals surface area contributed by atoms with Crippen molar-refractivity contribution < 1.29 is 8.78 Å². The largest absolute Gasteiger partial charge is 0.350 e. The van der Waals surface area contributed by atoms with Gasteiger partial charge >= 0.3 is 0 Å². The highest BCUT2D eigenvalue weighted by Gasteiger charge is 2.23. The van der Waals surface area contributed by atoms with E-state index in [1.807, 2.05) is 18.3 Å². The first-order valence-electron chi connectivity index (χ1n) is 10.1. The zero-order valence-electron chi connectivity index (χ0n) is 16.9. The minimum atomic E-state index is -0.865. The molecule has 6 nitrogen and oxygen atoms in total. The van der Waals surface area contributed by atoms with Crippen molar-refractivity contribution in [2.75, 3.05) is 5.32 Å². The van der Waals surface area contributed by atoms with Crippen molar-refractivity contribution in [1.29, 1.82) is 0 Å². The van der Waals surface area contributed by atoms with Crippen molar-refractivity contribution in [3.05, 3.63) is 65.1 Å². The lowest BCUT2D eigenvalue weighted by molar-refractivity contribution is 0.503. The normalized spacial score (nSPS) is 16.1. The number of hydrogen-bond donors (Lipinski definition) is 1. The molecule has 1 N–H and O–H groups in total. The van der Waals surface area contributed by atoms with Gasteiger partial charge in [-0.25, -0.2) is 13.3 Å². The molecule has 4 aromatic rings. The number of rotatable bonds is 4. The summed E-state index contributed by atoms with van der Waals surface area (Å²) in [4.78, 5) is 4.65. The van der Waals surface area contributed by atoms with E-state index in [1.165, 1.54) is 17.3 Å². The zero-order chi connectivity index (χ0) is 20.8. The van der Waals surface area contributed by atoms with Crippen molar-refractivity contribution in [3.8, 4) is 11.1 Å². The Kier molecular flexibility index (Phi) is 4.49. The van der Waals surface area contributed by atoms with Gasteiger partial charge in [-0.05, 0) is 74.1 Å². The van der Waals surface area contributed by atoms with E-state index in [0.29, 0.717) is 22.7 Å². The molecule has 0 amide bonds. The Balaban J connectivity index is 1.44. The van der Waals surface area contributed by atoms with Gasteiger partial charge in [0.25, 0.3) is 0 Å². The monoisotopic (exact) mass is 408 g/mol. The number of fused-ring (bicyclic) bond motifs is 2. The predicted octanol–water partition coefficient (Wildman–Crippen LogP) is 4.17. The average molecular weight is 408 g/mol. The number of anilines is 1. The highest BCUT2D eigenvalue weighted by Crippen LogP contribution is 2.28. The number of halogens is 2. The molecule has 1 atom stereocenters. The van der Waals surface area contributed by atoms with E-state index in [4.69, 9.17) is 0 Å². The number of benzene rings is 1. The first-order chi connectivity index (χ1) is 14.5. The molecule has 0 bridgehead atoms. The highest BCUT2D eigenvalue weighted by atomic mass is 19.2. The van der Waals surface area contributed by atoms with Crippen LogP contribution in [0.3, 0.4) is 0 Å². The maximum Gasteiger partial charge on any atom is 0.243 e. The molecular formula is C22H22F2N6. The van der Waals surface area contributed by atoms with E-state index in [2.05, 4.69) is 32.1 Å². The molecule has 1 aliphatic rings. The molecule has 3 heterocycles. The summed E-state index contributed by atoms with van der Waals surface area (Å²) >= 11 is 0. The van der Waals surface area contributed by atoms with Crippen LogP contribution in [0.25, 0.3) is 16.8 Å². The molecule has 0 aliphatic heterocycles. The van der Waals surface area contributed by atoms with Crippen LogP contribution in [0.2, 0.25) is 0 Å². The topological polar surface area (TPSA) is 60.0 Å². The molecule has 154 valence electrons. The molecule has 8 heteroatoms. The van der Waals surface area contributed by atoms with E-state index in [-0.39, 0.29) is 11.6 Å². The number of nitrogens with zero attached hydrogens (tertiary/aromatic N) is 5. The molecular weight excluding hydrogens is 386 g/mol. The van der Waals surface area contributed by atoms with E-state index in [0.717, 1.165) is 25.8 Å². The predicted molar refractivity (Wildman–Crippen MR) is 110 cm³/mol. The van der Waals surface area contributed by atoms with Crippen LogP contribution < -0.4 is 5.32 Å². The lowest BCUT2D eigenvalue weighted by Crippen LogP contribution is -2.28. The first-order valence-corrected chi connectivity index (χ1v) is 10.1. The van der Waals surface area contributed by atoms with Crippen LogP contribution in [0, 0.1) is 18.6 Å². The third-order valence-corrected chi connectivity index (χ3v) is 5.75. The number of nitrogens with one attached hydrogen (secondary N) is 1. The van der Waals surface area contributed by atoms with Crippen LogP contribution in [0.4, 0.5) is 14.7 Å². The van der Waals surface area contributed by atoms with Crippen molar-refractivity contribution in [2.24, 2.45) is 0 Å². The molecule has 0 saturated heterocycles. The summed E-state index contributed by atoms with van der Waals surface area (Å²) in [7, 11) is 0. The minimum Gasteiger partial charge on any atom is -0.350 e. The van der Waals surface area contributed by atoms with Crippen LogP contribution in [-0.2, 0) is 19.4 Å². The number of hydrogen-bond acceptors (Lipinski definition) is 4. The van der Waals surface area contributed by atoms with Gasteiger partial charge in [-0.2, -0.15) is 10.1 Å². The van der Waals surface area contributed by atoms with Crippen LogP contribution in [-0.4, -0.2) is 30.4 Å². The van der Waals surface area contributed by atoms with Gasteiger partial charge in [-0.1, -0.05) is 0 Å². The molecule has 3 aromatic heterocycles. The fourth-order valence-electron chi connectivity index (χ4n) is 4.24.